The molecule has 0 aliphatic rings. The normalized spacial score (nSPS) is 11.1. The maximum absolute atomic E-state index is 11.9. The number of anilines is 1. The van der Waals surface area contributed by atoms with Crippen molar-refractivity contribution in [3.63, 3.8) is 0 Å². The van der Waals surface area contributed by atoms with E-state index in [1.54, 1.807) is 0 Å². The first-order valence-electron chi connectivity index (χ1n) is 4.98. The van der Waals surface area contributed by atoms with Crippen LogP contribution in [0.4, 0.5) is 18.9 Å². The lowest BCUT2D eigenvalue weighted by molar-refractivity contribution is -0.142. The molecule has 0 saturated carbocycles. The van der Waals surface area contributed by atoms with Gasteiger partial charge in [-0.3, -0.25) is 4.79 Å². The number of carboxylic acid groups (broad SMARTS) is 1. The van der Waals surface area contributed by atoms with Gasteiger partial charge in [0, 0.05) is 12.1 Å². The Hall–Kier alpha value is -2.05. The van der Waals surface area contributed by atoms with E-state index in [4.69, 9.17) is 5.11 Å². The number of hydrogen-bond donors (Lipinski definition) is 2. The zero-order valence-electron chi connectivity index (χ0n) is 9.12. The summed E-state index contributed by atoms with van der Waals surface area (Å²) in [7, 11) is 0. The molecule has 98 valence electrons. The van der Waals surface area contributed by atoms with Gasteiger partial charge in [-0.1, -0.05) is 0 Å². The van der Waals surface area contributed by atoms with E-state index in [9.17, 15) is 22.8 Å². The van der Waals surface area contributed by atoms with Crippen molar-refractivity contribution in [1.82, 2.24) is 0 Å². The van der Waals surface area contributed by atoms with Crippen molar-refractivity contribution in [3.8, 4) is 0 Å². The molecule has 4 nitrogen and oxygen atoms in total. The van der Waals surface area contributed by atoms with Gasteiger partial charge in [0.1, 0.15) is 0 Å². The first-order chi connectivity index (χ1) is 8.28. The molecule has 18 heavy (non-hydrogen) atoms. The topological polar surface area (TPSA) is 66.4 Å². The third kappa shape index (κ3) is 4.86. The molecule has 0 fully saturated rings. The monoisotopic (exact) mass is 261 g/mol. The van der Waals surface area contributed by atoms with E-state index >= 15 is 0 Å². The van der Waals surface area contributed by atoms with Crippen LogP contribution in [0.15, 0.2) is 24.3 Å². The summed E-state index contributed by atoms with van der Waals surface area (Å²) in [5.41, 5.74) is 0.287. The summed E-state index contributed by atoms with van der Waals surface area (Å²) >= 11 is 0. The predicted octanol–water partition coefficient (Wildman–Crippen LogP) is 2.67. The maximum Gasteiger partial charge on any atom is 0.389 e. The fourth-order valence-corrected chi connectivity index (χ4v) is 1.17. The second-order valence-corrected chi connectivity index (χ2v) is 3.55. The second-order valence-electron chi connectivity index (χ2n) is 3.55. The number of benzene rings is 1. The zero-order valence-corrected chi connectivity index (χ0v) is 9.12. The molecule has 0 aromatic heterocycles. The molecule has 0 atom stereocenters. The van der Waals surface area contributed by atoms with E-state index in [2.05, 4.69) is 5.32 Å². The van der Waals surface area contributed by atoms with Gasteiger partial charge in [0.05, 0.1) is 12.0 Å². The molecule has 0 aliphatic carbocycles. The van der Waals surface area contributed by atoms with E-state index in [-0.39, 0.29) is 11.3 Å². The van der Waals surface area contributed by atoms with Gasteiger partial charge in [-0.25, -0.2) is 4.79 Å². The minimum atomic E-state index is -4.37. The third-order valence-corrected chi connectivity index (χ3v) is 2.05. The summed E-state index contributed by atoms with van der Waals surface area (Å²) in [6, 6.07) is 5.13. The van der Waals surface area contributed by atoms with Crippen molar-refractivity contribution in [2.75, 3.05) is 5.32 Å². The Morgan fingerprint density at radius 3 is 2.17 bits per heavy atom. The quantitative estimate of drug-likeness (QED) is 0.875. The summed E-state index contributed by atoms with van der Waals surface area (Å²) in [4.78, 5) is 21.7. The molecule has 2 N–H and O–H groups in total. The number of aromatic carboxylic acids is 1. The van der Waals surface area contributed by atoms with Gasteiger partial charge in [0.25, 0.3) is 0 Å². The van der Waals surface area contributed by atoms with Crippen LogP contribution in [0.5, 0.6) is 0 Å². The fourth-order valence-electron chi connectivity index (χ4n) is 1.17. The number of carbonyl (C=O) groups excluding carboxylic acids is 1. The Morgan fingerprint density at radius 1 is 1.17 bits per heavy atom. The maximum atomic E-state index is 11.9. The van der Waals surface area contributed by atoms with Crippen LogP contribution in [0, 0.1) is 0 Å². The molecule has 0 saturated heterocycles. The number of amides is 1. The van der Waals surface area contributed by atoms with Crippen LogP contribution in [0.2, 0.25) is 0 Å². The Morgan fingerprint density at radius 2 is 1.72 bits per heavy atom. The van der Waals surface area contributed by atoms with Gasteiger partial charge >= 0.3 is 12.1 Å². The van der Waals surface area contributed by atoms with Crippen LogP contribution in [0.3, 0.4) is 0 Å². The fraction of sp³-hybridized carbons (Fsp3) is 0.273. The van der Waals surface area contributed by atoms with E-state index in [1.807, 2.05) is 0 Å². The lowest BCUT2D eigenvalue weighted by atomic mass is 10.2. The smallest absolute Gasteiger partial charge is 0.389 e. The van der Waals surface area contributed by atoms with Gasteiger partial charge in [0.2, 0.25) is 5.91 Å². The van der Waals surface area contributed by atoms with Crippen LogP contribution >= 0.6 is 0 Å². The summed E-state index contributed by atoms with van der Waals surface area (Å²) in [5.74, 6) is -1.89. The molecular weight excluding hydrogens is 251 g/mol. The molecule has 1 rings (SSSR count). The average Bonchev–Trinajstić information content (AvgIpc) is 2.26. The number of nitrogens with one attached hydrogen (secondary N) is 1. The number of hydrogen-bond acceptors (Lipinski definition) is 2. The van der Waals surface area contributed by atoms with Gasteiger partial charge < -0.3 is 10.4 Å². The average molecular weight is 261 g/mol. The predicted molar refractivity (Wildman–Crippen MR) is 57.3 cm³/mol. The van der Waals surface area contributed by atoms with E-state index < -0.39 is 30.9 Å². The van der Waals surface area contributed by atoms with Crippen LogP contribution < -0.4 is 5.32 Å². The molecular formula is C11H10F3NO3. The Kier molecular flexibility index (Phi) is 4.30. The largest absolute Gasteiger partial charge is 0.478 e. The van der Waals surface area contributed by atoms with Crippen molar-refractivity contribution in [1.29, 1.82) is 0 Å². The molecule has 0 unspecified atom stereocenters. The summed E-state index contributed by atoms with van der Waals surface area (Å²) < 4.78 is 35.6. The van der Waals surface area contributed by atoms with Crippen molar-refractivity contribution in [2.24, 2.45) is 0 Å². The van der Waals surface area contributed by atoms with E-state index in [0.717, 1.165) is 0 Å². The van der Waals surface area contributed by atoms with E-state index in [0.29, 0.717) is 0 Å². The lowest BCUT2D eigenvalue weighted by Gasteiger charge is -2.07. The zero-order chi connectivity index (χ0) is 13.8. The van der Waals surface area contributed by atoms with Crippen LogP contribution in [-0.2, 0) is 4.79 Å². The summed E-state index contributed by atoms with van der Waals surface area (Å²) in [6.45, 7) is 0. The SMILES string of the molecule is O=C(CCC(F)(F)F)Nc1ccc(C(=O)O)cc1. The first kappa shape index (κ1) is 14.0. The molecule has 1 aromatic carbocycles. The molecule has 0 aliphatic heterocycles. The van der Waals surface area contributed by atoms with E-state index in [1.165, 1.54) is 24.3 Å². The second kappa shape index (κ2) is 5.52. The van der Waals surface area contributed by atoms with Crippen LogP contribution in [0.25, 0.3) is 0 Å². The minimum absolute atomic E-state index is 0.0308. The number of carboxylic acids is 1. The first-order valence-corrected chi connectivity index (χ1v) is 4.98. The van der Waals surface area contributed by atoms with Crippen molar-refractivity contribution < 1.29 is 27.9 Å². The number of halogens is 3. The Balaban J connectivity index is 2.52. The van der Waals surface area contributed by atoms with Crippen LogP contribution in [0.1, 0.15) is 23.2 Å². The van der Waals surface area contributed by atoms with Crippen molar-refractivity contribution in [2.45, 2.75) is 19.0 Å². The van der Waals surface area contributed by atoms with Gasteiger partial charge in [-0.2, -0.15) is 13.2 Å². The Bertz CT molecular complexity index is 440. The van der Waals surface area contributed by atoms with Gasteiger partial charge in [-0.15, -0.1) is 0 Å². The molecule has 0 radical (unpaired) electrons. The minimum Gasteiger partial charge on any atom is -0.478 e. The number of alkyl halides is 3. The molecule has 1 aromatic rings. The molecule has 7 heteroatoms. The summed E-state index contributed by atoms with van der Waals surface area (Å²) in [6.07, 6.45) is -6.22. The van der Waals surface area contributed by atoms with Gasteiger partial charge in [0.15, 0.2) is 0 Å². The van der Waals surface area contributed by atoms with Gasteiger partial charge in [-0.05, 0) is 24.3 Å². The molecule has 0 heterocycles. The highest BCUT2D eigenvalue weighted by Gasteiger charge is 2.27. The number of carbonyl (C=O) groups is 2. The third-order valence-electron chi connectivity index (χ3n) is 2.05. The molecule has 1 amide bonds. The van der Waals surface area contributed by atoms with Crippen molar-refractivity contribution >= 4 is 17.6 Å². The summed E-state index contributed by atoms with van der Waals surface area (Å²) in [5, 5.41) is 10.9. The highest BCUT2D eigenvalue weighted by molar-refractivity contribution is 5.92. The Labute approximate surface area is 100 Å². The number of rotatable bonds is 4. The highest BCUT2D eigenvalue weighted by Crippen LogP contribution is 2.21. The lowest BCUT2D eigenvalue weighted by Crippen LogP contribution is -2.16. The van der Waals surface area contributed by atoms with Crippen LogP contribution in [-0.4, -0.2) is 23.2 Å². The molecule has 0 bridgehead atoms. The highest BCUT2D eigenvalue weighted by atomic mass is 19.4. The standard InChI is InChI=1S/C11H10F3NO3/c12-11(13,14)6-5-9(16)15-8-3-1-7(2-4-8)10(17)18/h1-4H,5-6H2,(H,15,16)(H,17,18). The van der Waals surface area contributed by atoms with Crippen molar-refractivity contribution in [3.05, 3.63) is 29.8 Å². The molecule has 0 spiro atoms.